The Bertz CT molecular complexity index is 814. The van der Waals surface area contributed by atoms with Gasteiger partial charge in [-0.2, -0.15) is 13.2 Å². The van der Waals surface area contributed by atoms with Crippen molar-refractivity contribution in [2.75, 3.05) is 36.5 Å². The number of nitrogens with zero attached hydrogens (tertiary/aromatic N) is 1. The number of halogens is 3. The number of alkyl halides is 3. The molecule has 5 nitrogen and oxygen atoms in total. The van der Waals surface area contributed by atoms with Crippen LogP contribution < -0.4 is 10.2 Å². The number of morpholine rings is 1. The first kappa shape index (κ1) is 17.9. The summed E-state index contributed by atoms with van der Waals surface area (Å²) in [4.78, 5) is 14.2. The van der Waals surface area contributed by atoms with Crippen LogP contribution in [-0.4, -0.2) is 32.2 Å². The SMILES string of the molecule is O=C(Nc1ccc(N2CCOCC2)cc1C(F)(F)F)[C@@H]1C[C@H]1c1ccco1. The van der Waals surface area contributed by atoms with Gasteiger partial charge < -0.3 is 19.4 Å². The number of carbonyl (C=O) groups excluding carboxylic acids is 1. The van der Waals surface area contributed by atoms with E-state index >= 15 is 0 Å². The van der Waals surface area contributed by atoms with Gasteiger partial charge in [-0.3, -0.25) is 4.79 Å². The Labute approximate surface area is 154 Å². The van der Waals surface area contributed by atoms with Crippen molar-refractivity contribution in [2.24, 2.45) is 5.92 Å². The highest BCUT2D eigenvalue weighted by Gasteiger charge is 2.46. The summed E-state index contributed by atoms with van der Waals surface area (Å²) < 4.78 is 51.2. The lowest BCUT2D eigenvalue weighted by Crippen LogP contribution is -2.36. The molecule has 2 fully saturated rings. The average molecular weight is 380 g/mol. The first-order valence-corrected chi connectivity index (χ1v) is 8.81. The van der Waals surface area contributed by atoms with E-state index in [1.165, 1.54) is 12.3 Å². The van der Waals surface area contributed by atoms with Gasteiger partial charge in [-0.1, -0.05) is 0 Å². The molecule has 1 aliphatic carbocycles. The number of ether oxygens (including phenoxy) is 1. The van der Waals surface area contributed by atoms with Gasteiger partial charge in [0.2, 0.25) is 5.91 Å². The first-order valence-electron chi connectivity index (χ1n) is 8.81. The Balaban J connectivity index is 1.52. The van der Waals surface area contributed by atoms with E-state index < -0.39 is 17.6 Å². The van der Waals surface area contributed by atoms with Crippen molar-refractivity contribution in [3.8, 4) is 0 Å². The van der Waals surface area contributed by atoms with Crippen molar-refractivity contribution in [2.45, 2.75) is 18.5 Å². The van der Waals surface area contributed by atoms with Crippen molar-refractivity contribution >= 4 is 17.3 Å². The maximum Gasteiger partial charge on any atom is 0.418 e. The van der Waals surface area contributed by atoms with Crippen molar-refractivity contribution in [3.63, 3.8) is 0 Å². The Morgan fingerprint density at radius 1 is 1.19 bits per heavy atom. The van der Waals surface area contributed by atoms with Crippen molar-refractivity contribution < 1.29 is 27.1 Å². The van der Waals surface area contributed by atoms with Crippen LogP contribution in [-0.2, 0) is 15.7 Å². The molecule has 4 rings (SSSR count). The molecule has 8 heteroatoms. The fourth-order valence-electron chi connectivity index (χ4n) is 3.42. The highest BCUT2D eigenvalue weighted by molar-refractivity contribution is 5.96. The highest BCUT2D eigenvalue weighted by atomic mass is 19.4. The quantitative estimate of drug-likeness (QED) is 0.875. The number of rotatable bonds is 4. The van der Waals surface area contributed by atoms with Crippen molar-refractivity contribution in [1.29, 1.82) is 0 Å². The van der Waals surface area contributed by atoms with Gasteiger partial charge in [0, 0.05) is 30.6 Å². The standard InChI is InChI=1S/C19H19F3N2O3/c20-19(21,22)15-10-12(24-5-8-26-9-6-24)3-4-16(15)23-18(25)14-11-13(14)17-2-1-7-27-17/h1-4,7,10,13-14H,5-6,8-9,11H2,(H,23,25)/t13-,14-/m1/s1. The van der Waals surface area contributed by atoms with E-state index in [0.717, 1.165) is 6.07 Å². The second-order valence-electron chi connectivity index (χ2n) is 6.78. The predicted octanol–water partition coefficient (Wildman–Crippen LogP) is 3.88. The molecule has 1 saturated carbocycles. The maximum atomic E-state index is 13.6. The minimum atomic E-state index is -4.56. The summed E-state index contributed by atoms with van der Waals surface area (Å²) in [5.41, 5.74) is -0.576. The third-order valence-corrected chi connectivity index (χ3v) is 4.98. The Hall–Kier alpha value is -2.48. The molecule has 2 atom stereocenters. The van der Waals surface area contributed by atoms with Crippen LogP contribution in [0.5, 0.6) is 0 Å². The molecule has 0 spiro atoms. The summed E-state index contributed by atoms with van der Waals surface area (Å²) >= 11 is 0. The molecule has 0 bridgehead atoms. The van der Waals surface area contributed by atoms with Gasteiger partial charge >= 0.3 is 6.18 Å². The molecule has 2 heterocycles. The van der Waals surface area contributed by atoms with Crippen LogP contribution in [0.2, 0.25) is 0 Å². The fraction of sp³-hybridized carbons (Fsp3) is 0.421. The fourth-order valence-corrected chi connectivity index (χ4v) is 3.42. The van der Waals surface area contributed by atoms with E-state index in [1.54, 1.807) is 18.2 Å². The number of anilines is 2. The number of hydrogen-bond acceptors (Lipinski definition) is 4. The van der Waals surface area contributed by atoms with Gasteiger partial charge in [-0.05, 0) is 36.8 Å². The topological polar surface area (TPSA) is 54.7 Å². The number of nitrogens with one attached hydrogen (secondary N) is 1. The third-order valence-electron chi connectivity index (χ3n) is 4.98. The molecule has 1 aliphatic heterocycles. The minimum Gasteiger partial charge on any atom is -0.469 e. The molecule has 1 N–H and O–H groups in total. The van der Waals surface area contributed by atoms with E-state index in [0.29, 0.717) is 44.2 Å². The Morgan fingerprint density at radius 2 is 1.96 bits per heavy atom. The minimum absolute atomic E-state index is 0.0676. The van der Waals surface area contributed by atoms with Gasteiger partial charge in [0.15, 0.2) is 0 Å². The lowest BCUT2D eigenvalue weighted by Gasteiger charge is -2.29. The van der Waals surface area contributed by atoms with E-state index in [2.05, 4.69) is 5.32 Å². The highest BCUT2D eigenvalue weighted by Crippen LogP contribution is 2.48. The van der Waals surface area contributed by atoms with Crippen LogP contribution >= 0.6 is 0 Å². The van der Waals surface area contributed by atoms with Crippen molar-refractivity contribution in [1.82, 2.24) is 0 Å². The molecule has 1 saturated heterocycles. The van der Waals surface area contributed by atoms with Gasteiger partial charge in [0.1, 0.15) is 5.76 Å². The number of carbonyl (C=O) groups is 1. The number of hydrogen-bond donors (Lipinski definition) is 1. The lowest BCUT2D eigenvalue weighted by atomic mass is 10.1. The number of benzene rings is 1. The van der Waals surface area contributed by atoms with Crippen LogP contribution in [0.1, 0.15) is 23.7 Å². The first-order chi connectivity index (χ1) is 12.9. The zero-order chi connectivity index (χ0) is 19.0. The van der Waals surface area contributed by atoms with E-state index in [-0.39, 0.29) is 17.5 Å². The molecule has 144 valence electrons. The molecule has 27 heavy (non-hydrogen) atoms. The largest absolute Gasteiger partial charge is 0.469 e. The van der Waals surface area contributed by atoms with Gasteiger partial charge in [-0.25, -0.2) is 0 Å². The second-order valence-corrected chi connectivity index (χ2v) is 6.78. The van der Waals surface area contributed by atoms with Gasteiger partial charge in [0.05, 0.1) is 30.7 Å². The van der Waals surface area contributed by atoms with Gasteiger partial charge in [0.25, 0.3) is 0 Å². The molecule has 1 aromatic carbocycles. The van der Waals surface area contributed by atoms with E-state index in [4.69, 9.17) is 9.15 Å². The van der Waals surface area contributed by atoms with Crippen molar-refractivity contribution in [3.05, 3.63) is 47.9 Å². The summed E-state index contributed by atoms with van der Waals surface area (Å²) in [7, 11) is 0. The molecule has 1 aromatic heterocycles. The average Bonchev–Trinajstić information content (AvgIpc) is 3.27. The zero-order valence-electron chi connectivity index (χ0n) is 14.5. The zero-order valence-corrected chi connectivity index (χ0v) is 14.5. The summed E-state index contributed by atoms with van der Waals surface area (Å²) in [6.07, 6.45) is -2.46. The normalized spacial score (nSPS) is 22.6. The van der Waals surface area contributed by atoms with E-state index in [1.807, 2.05) is 4.90 Å². The van der Waals surface area contributed by atoms with Crippen LogP contribution in [0.3, 0.4) is 0 Å². The summed E-state index contributed by atoms with van der Waals surface area (Å²) in [6.45, 7) is 2.04. The number of furan rings is 1. The van der Waals surface area contributed by atoms with Crippen LogP contribution in [0.25, 0.3) is 0 Å². The maximum absolute atomic E-state index is 13.6. The molecule has 0 radical (unpaired) electrons. The summed E-state index contributed by atoms with van der Waals surface area (Å²) in [6, 6.07) is 7.53. The molecular weight excluding hydrogens is 361 g/mol. The molecule has 2 aliphatic rings. The predicted molar refractivity (Wildman–Crippen MR) is 92.7 cm³/mol. The number of amides is 1. The van der Waals surface area contributed by atoms with Gasteiger partial charge in [-0.15, -0.1) is 0 Å². The Morgan fingerprint density at radius 3 is 2.63 bits per heavy atom. The molecule has 0 unspecified atom stereocenters. The summed E-state index contributed by atoms with van der Waals surface area (Å²) in [5.74, 6) is -0.159. The monoisotopic (exact) mass is 380 g/mol. The van der Waals surface area contributed by atoms with Crippen LogP contribution in [0, 0.1) is 5.92 Å². The lowest BCUT2D eigenvalue weighted by molar-refractivity contribution is -0.137. The molecular formula is C19H19F3N2O3. The third kappa shape index (κ3) is 3.80. The smallest absolute Gasteiger partial charge is 0.418 e. The Kier molecular flexibility index (Phi) is 4.59. The molecule has 2 aromatic rings. The van der Waals surface area contributed by atoms with Crippen LogP contribution in [0.15, 0.2) is 41.0 Å². The second kappa shape index (κ2) is 6.92. The summed E-state index contributed by atoms with van der Waals surface area (Å²) in [5, 5.41) is 2.46. The van der Waals surface area contributed by atoms with Crippen LogP contribution in [0.4, 0.5) is 24.5 Å². The van der Waals surface area contributed by atoms with E-state index in [9.17, 15) is 18.0 Å². The molecule has 1 amide bonds.